The number of rotatable bonds is 3. The van der Waals surface area contributed by atoms with Crippen molar-refractivity contribution in [1.29, 1.82) is 0 Å². The molecule has 0 nitrogen and oxygen atoms in total. The smallest absolute Gasteiger partial charge is 0.0322 e. The fourth-order valence-electron chi connectivity index (χ4n) is 2.27. The van der Waals surface area contributed by atoms with Crippen LogP contribution >= 0.6 is 0 Å². The molecule has 0 saturated heterocycles. The Morgan fingerprint density at radius 1 is 1.36 bits per heavy atom. The molecule has 0 radical (unpaired) electrons. The van der Waals surface area contributed by atoms with Crippen LogP contribution in [-0.4, -0.2) is 0 Å². The SMILES string of the molecule is [2H]C([2H])(C)CC1(CC)Cc2ccccc2C1([2H])[2H]. The molecular weight excluding hydrogens is 168 g/mol. The molecule has 1 aliphatic rings. The summed E-state index contributed by atoms with van der Waals surface area (Å²) in [5.74, 6) is 0. The van der Waals surface area contributed by atoms with Crippen molar-refractivity contribution in [2.24, 2.45) is 5.41 Å². The van der Waals surface area contributed by atoms with Gasteiger partial charge in [-0.1, -0.05) is 44.5 Å². The zero-order valence-corrected chi connectivity index (χ0v) is 8.93. The molecule has 0 spiro atoms. The zero-order chi connectivity index (χ0) is 13.6. The Labute approximate surface area is 93.0 Å². The Morgan fingerprint density at radius 2 is 2.07 bits per heavy atom. The Morgan fingerprint density at radius 3 is 2.64 bits per heavy atom. The van der Waals surface area contributed by atoms with Crippen molar-refractivity contribution < 1.29 is 5.48 Å². The monoisotopic (exact) mass is 192 g/mol. The second kappa shape index (κ2) is 3.76. The van der Waals surface area contributed by atoms with Crippen LogP contribution in [0.1, 0.15) is 49.7 Å². The van der Waals surface area contributed by atoms with E-state index in [1.54, 1.807) is 6.92 Å². The molecule has 2 rings (SSSR count). The van der Waals surface area contributed by atoms with Gasteiger partial charge in [-0.2, -0.15) is 0 Å². The van der Waals surface area contributed by atoms with E-state index in [1.807, 2.05) is 31.2 Å². The fourth-order valence-corrected chi connectivity index (χ4v) is 2.27. The molecule has 0 aliphatic heterocycles. The van der Waals surface area contributed by atoms with E-state index in [0.29, 0.717) is 12.8 Å². The number of hydrogen-bond acceptors (Lipinski definition) is 0. The van der Waals surface area contributed by atoms with Crippen molar-refractivity contribution in [3.63, 3.8) is 0 Å². The van der Waals surface area contributed by atoms with E-state index in [2.05, 4.69) is 0 Å². The van der Waals surface area contributed by atoms with Gasteiger partial charge in [0.05, 0.1) is 0 Å². The first-order valence-electron chi connectivity index (χ1n) is 7.30. The van der Waals surface area contributed by atoms with E-state index >= 15 is 0 Å². The maximum absolute atomic E-state index is 8.45. The van der Waals surface area contributed by atoms with Crippen LogP contribution in [0.2, 0.25) is 0 Å². The quantitative estimate of drug-likeness (QED) is 0.679. The molecule has 76 valence electrons. The third kappa shape index (κ3) is 1.58. The summed E-state index contributed by atoms with van der Waals surface area (Å²) in [5.41, 5.74) is 1.17. The van der Waals surface area contributed by atoms with E-state index < -0.39 is 18.2 Å². The molecule has 1 aromatic carbocycles. The molecular formula is C14H20. The van der Waals surface area contributed by atoms with E-state index in [0.717, 1.165) is 11.1 Å². The molecule has 0 heteroatoms. The van der Waals surface area contributed by atoms with Crippen molar-refractivity contribution in [3.05, 3.63) is 35.4 Å². The van der Waals surface area contributed by atoms with Crippen molar-refractivity contribution in [1.82, 2.24) is 0 Å². The van der Waals surface area contributed by atoms with Gasteiger partial charge >= 0.3 is 0 Å². The lowest BCUT2D eigenvalue weighted by molar-refractivity contribution is 0.264. The van der Waals surface area contributed by atoms with Crippen molar-refractivity contribution in [2.45, 2.75) is 45.9 Å². The molecule has 1 aromatic rings. The third-order valence-electron chi connectivity index (χ3n) is 3.14. The molecule has 14 heavy (non-hydrogen) atoms. The highest BCUT2D eigenvalue weighted by Gasteiger charge is 2.34. The molecule has 0 N–H and O–H groups in total. The lowest BCUT2D eigenvalue weighted by Gasteiger charge is -2.26. The van der Waals surface area contributed by atoms with Gasteiger partial charge in [0.25, 0.3) is 0 Å². The minimum absolute atomic E-state index is 0.262. The maximum atomic E-state index is 8.45. The van der Waals surface area contributed by atoms with Crippen molar-refractivity contribution in [3.8, 4) is 0 Å². The molecule has 1 atom stereocenters. The summed E-state index contributed by atoms with van der Waals surface area (Å²) < 4.78 is 32.5. The Kier molecular flexibility index (Phi) is 1.60. The largest absolute Gasteiger partial charge is 0.0654 e. The van der Waals surface area contributed by atoms with Crippen LogP contribution in [0, 0.1) is 5.41 Å². The van der Waals surface area contributed by atoms with Crippen LogP contribution < -0.4 is 0 Å². The van der Waals surface area contributed by atoms with Gasteiger partial charge in [0, 0.05) is 5.48 Å². The topological polar surface area (TPSA) is 0 Å². The van der Waals surface area contributed by atoms with Crippen LogP contribution in [0.4, 0.5) is 0 Å². The average Bonchev–Trinajstić information content (AvgIpc) is 2.46. The summed E-state index contributed by atoms with van der Waals surface area (Å²) in [4.78, 5) is 0. The average molecular weight is 192 g/mol. The first kappa shape index (κ1) is 5.95. The maximum Gasteiger partial charge on any atom is 0.0322 e. The highest BCUT2D eigenvalue weighted by Crippen LogP contribution is 2.42. The van der Waals surface area contributed by atoms with Gasteiger partial charge in [-0.15, -0.1) is 0 Å². The minimum atomic E-state index is -1.44. The highest BCUT2D eigenvalue weighted by molar-refractivity contribution is 5.34. The minimum Gasteiger partial charge on any atom is -0.0654 e. The molecule has 1 unspecified atom stereocenters. The van der Waals surface area contributed by atoms with Crippen LogP contribution in [0.5, 0.6) is 0 Å². The van der Waals surface area contributed by atoms with E-state index in [4.69, 9.17) is 5.48 Å². The lowest BCUT2D eigenvalue weighted by atomic mass is 9.78. The van der Waals surface area contributed by atoms with Gasteiger partial charge < -0.3 is 0 Å². The van der Waals surface area contributed by atoms with Crippen LogP contribution in [0.15, 0.2) is 24.3 Å². The lowest BCUT2D eigenvalue weighted by Crippen LogP contribution is -2.19. The highest BCUT2D eigenvalue weighted by atomic mass is 14.4. The Hall–Kier alpha value is -0.780. The molecule has 0 heterocycles. The first-order valence-corrected chi connectivity index (χ1v) is 5.30. The second-order valence-electron chi connectivity index (χ2n) is 4.12. The summed E-state index contributed by atoms with van der Waals surface area (Å²) in [6, 6.07) is 7.61. The predicted molar refractivity (Wildman–Crippen MR) is 61.5 cm³/mol. The van der Waals surface area contributed by atoms with Gasteiger partial charge in [0.1, 0.15) is 0 Å². The molecule has 0 fully saturated rings. The summed E-state index contributed by atoms with van der Waals surface area (Å²) in [6.45, 7) is 3.51. The van der Waals surface area contributed by atoms with E-state index in [1.165, 1.54) is 0 Å². The number of fused-ring (bicyclic) bond motifs is 1. The third-order valence-corrected chi connectivity index (χ3v) is 3.14. The van der Waals surface area contributed by atoms with Gasteiger partial charge in [0.2, 0.25) is 0 Å². The summed E-state index contributed by atoms with van der Waals surface area (Å²) in [6.07, 6.45) is -1.23. The Balaban J connectivity index is 2.47. The van der Waals surface area contributed by atoms with Gasteiger partial charge in [-0.3, -0.25) is 0 Å². The predicted octanol–water partition coefficient (Wildman–Crippen LogP) is 3.98. The fraction of sp³-hybridized carbons (Fsp3) is 0.571. The van der Waals surface area contributed by atoms with Gasteiger partial charge in [-0.25, -0.2) is 0 Å². The number of benzene rings is 1. The summed E-state index contributed by atoms with van der Waals surface area (Å²) in [7, 11) is 0. The van der Waals surface area contributed by atoms with Crippen molar-refractivity contribution in [2.75, 3.05) is 0 Å². The van der Waals surface area contributed by atoms with Gasteiger partial charge in [-0.05, 0) is 42.2 Å². The van der Waals surface area contributed by atoms with Crippen molar-refractivity contribution >= 4 is 0 Å². The summed E-state index contributed by atoms with van der Waals surface area (Å²) in [5, 5.41) is 0. The summed E-state index contributed by atoms with van der Waals surface area (Å²) >= 11 is 0. The van der Waals surface area contributed by atoms with Crippen LogP contribution in [0.3, 0.4) is 0 Å². The standard InChI is InChI=1S/C14H20/c1-3-9-14(4-2)10-12-7-5-6-8-13(12)11-14/h5-8H,3-4,9-11H2,1-2H3/i3D2,10D2. The molecule has 0 saturated carbocycles. The van der Waals surface area contributed by atoms with Crippen LogP contribution in [0.25, 0.3) is 0 Å². The first-order chi connectivity index (χ1) is 8.22. The van der Waals surface area contributed by atoms with Crippen LogP contribution in [-0.2, 0) is 12.8 Å². The van der Waals surface area contributed by atoms with E-state index in [-0.39, 0.29) is 6.42 Å². The van der Waals surface area contributed by atoms with Gasteiger partial charge in [0.15, 0.2) is 0 Å². The Bertz CT molecular complexity index is 447. The molecule has 0 aromatic heterocycles. The second-order valence-corrected chi connectivity index (χ2v) is 4.12. The molecule has 0 bridgehead atoms. The normalized spacial score (nSPS) is 33.9. The number of hydrogen-bond donors (Lipinski definition) is 0. The molecule has 1 aliphatic carbocycles. The molecule has 0 amide bonds. The van der Waals surface area contributed by atoms with E-state index in [9.17, 15) is 0 Å². The zero-order valence-electron chi connectivity index (χ0n) is 12.9.